The minimum Gasteiger partial charge on any atom is -0.457 e. The zero-order valence-electron chi connectivity index (χ0n) is 11.1. The summed E-state index contributed by atoms with van der Waals surface area (Å²) in [5, 5.41) is 3.29. The summed E-state index contributed by atoms with van der Waals surface area (Å²) in [6.45, 7) is 5.79. The Morgan fingerprint density at radius 1 is 1.26 bits per heavy atom. The quantitative estimate of drug-likeness (QED) is 0.902. The van der Waals surface area contributed by atoms with Gasteiger partial charge in [0.05, 0.1) is 0 Å². The van der Waals surface area contributed by atoms with Crippen molar-refractivity contribution in [2.75, 3.05) is 6.54 Å². The molecule has 1 aromatic carbocycles. The third-order valence-electron chi connectivity index (χ3n) is 2.79. The summed E-state index contributed by atoms with van der Waals surface area (Å²) >= 11 is 3.47. The predicted octanol–water partition coefficient (Wildman–Crippen LogP) is 4.05. The minimum absolute atomic E-state index is 0.757. The molecule has 100 valence electrons. The lowest BCUT2D eigenvalue weighted by Gasteiger charge is -2.13. The Balaban J connectivity index is 2.25. The van der Waals surface area contributed by atoms with Gasteiger partial charge in [-0.2, -0.15) is 0 Å². The molecule has 0 unspecified atom stereocenters. The van der Waals surface area contributed by atoms with Crippen LogP contribution < -0.4 is 10.1 Å². The maximum absolute atomic E-state index is 6.01. The van der Waals surface area contributed by atoms with Crippen molar-refractivity contribution >= 4 is 15.9 Å². The number of aryl methyl sites for hydroxylation is 1. The van der Waals surface area contributed by atoms with Gasteiger partial charge in [0, 0.05) is 29.0 Å². The molecule has 1 heterocycles. The highest BCUT2D eigenvalue weighted by atomic mass is 79.9. The fourth-order valence-electron chi connectivity index (χ4n) is 1.71. The summed E-state index contributed by atoms with van der Waals surface area (Å²) in [6.07, 6.45) is 3.59. The van der Waals surface area contributed by atoms with Gasteiger partial charge >= 0.3 is 0 Å². The van der Waals surface area contributed by atoms with Crippen molar-refractivity contribution in [3.8, 4) is 11.5 Å². The number of ether oxygens (including phenoxy) is 1. The third kappa shape index (κ3) is 3.78. The molecule has 3 nitrogen and oxygen atoms in total. The molecule has 0 bridgehead atoms. The number of nitrogens with one attached hydrogen (secondary N) is 1. The van der Waals surface area contributed by atoms with Crippen molar-refractivity contribution < 1.29 is 4.74 Å². The van der Waals surface area contributed by atoms with Crippen molar-refractivity contribution in [2.24, 2.45) is 0 Å². The van der Waals surface area contributed by atoms with E-state index in [0.29, 0.717) is 0 Å². The molecule has 0 atom stereocenters. The van der Waals surface area contributed by atoms with Crippen LogP contribution >= 0.6 is 15.9 Å². The van der Waals surface area contributed by atoms with E-state index in [1.165, 1.54) is 0 Å². The first kappa shape index (κ1) is 14.0. The van der Waals surface area contributed by atoms with Crippen LogP contribution in [0.15, 0.2) is 41.1 Å². The summed E-state index contributed by atoms with van der Waals surface area (Å²) in [4.78, 5) is 4.15. The largest absolute Gasteiger partial charge is 0.457 e. The van der Waals surface area contributed by atoms with Crippen molar-refractivity contribution in [1.82, 2.24) is 10.3 Å². The maximum Gasteiger partial charge on any atom is 0.135 e. The van der Waals surface area contributed by atoms with Crippen molar-refractivity contribution in [3.05, 3.63) is 52.3 Å². The molecule has 0 radical (unpaired) electrons. The lowest BCUT2D eigenvalue weighted by molar-refractivity contribution is 0.468. The number of aromatic nitrogens is 1. The lowest BCUT2D eigenvalue weighted by Crippen LogP contribution is -2.12. The van der Waals surface area contributed by atoms with Gasteiger partial charge < -0.3 is 10.1 Å². The molecule has 2 aromatic rings. The molecule has 1 aromatic heterocycles. The average molecular weight is 321 g/mol. The van der Waals surface area contributed by atoms with Crippen LogP contribution in [0.3, 0.4) is 0 Å². The van der Waals surface area contributed by atoms with E-state index in [2.05, 4.69) is 33.2 Å². The summed E-state index contributed by atoms with van der Waals surface area (Å²) in [6, 6.07) is 7.92. The zero-order chi connectivity index (χ0) is 13.7. The van der Waals surface area contributed by atoms with E-state index >= 15 is 0 Å². The normalized spacial score (nSPS) is 10.5. The van der Waals surface area contributed by atoms with Gasteiger partial charge in [-0.1, -0.05) is 28.9 Å². The summed E-state index contributed by atoms with van der Waals surface area (Å²) in [5.74, 6) is 1.70. The number of hydrogen-bond acceptors (Lipinski definition) is 3. The van der Waals surface area contributed by atoms with Crippen LogP contribution in [-0.4, -0.2) is 11.5 Å². The van der Waals surface area contributed by atoms with Crippen LogP contribution in [0.25, 0.3) is 0 Å². The molecule has 0 aliphatic rings. The first-order valence-corrected chi connectivity index (χ1v) is 7.07. The molecule has 0 saturated heterocycles. The Kier molecular flexibility index (Phi) is 4.93. The van der Waals surface area contributed by atoms with E-state index in [-0.39, 0.29) is 0 Å². The molecule has 0 amide bonds. The van der Waals surface area contributed by atoms with Gasteiger partial charge in [0.15, 0.2) is 0 Å². The summed E-state index contributed by atoms with van der Waals surface area (Å²) in [7, 11) is 0. The molecular weight excluding hydrogens is 304 g/mol. The molecule has 1 N–H and O–H groups in total. The smallest absolute Gasteiger partial charge is 0.135 e. The fraction of sp³-hybridized carbons (Fsp3) is 0.267. The van der Waals surface area contributed by atoms with Crippen LogP contribution in [0.4, 0.5) is 0 Å². The summed E-state index contributed by atoms with van der Waals surface area (Å²) < 4.78 is 7.02. The molecule has 4 heteroatoms. The standard InChI is InChI=1S/C15H17BrN2O/c1-3-17-9-12-10-18-7-6-14(12)19-15-8-13(16)5-4-11(15)2/h4-8,10,17H,3,9H2,1-2H3. The Hall–Kier alpha value is -1.39. The lowest BCUT2D eigenvalue weighted by atomic mass is 10.2. The first-order chi connectivity index (χ1) is 9.20. The predicted molar refractivity (Wildman–Crippen MR) is 80.6 cm³/mol. The van der Waals surface area contributed by atoms with Crippen molar-refractivity contribution in [1.29, 1.82) is 0 Å². The van der Waals surface area contributed by atoms with Crippen molar-refractivity contribution in [3.63, 3.8) is 0 Å². The van der Waals surface area contributed by atoms with Crippen LogP contribution in [0.1, 0.15) is 18.1 Å². The fourth-order valence-corrected chi connectivity index (χ4v) is 2.05. The van der Waals surface area contributed by atoms with E-state index in [1.807, 2.05) is 37.4 Å². The Morgan fingerprint density at radius 2 is 2.11 bits per heavy atom. The minimum atomic E-state index is 0.757. The van der Waals surface area contributed by atoms with E-state index in [0.717, 1.165) is 40.2 Å². The van der Waals surface area contributed by atoms with Crippen LogP contribution in [0.5, 0.6) is 11.5 Å². The highest BCUT2D eigenvalue weighted by molar-refractivity contribution is 9.10. The Labute approximate surface area is 122 Å². The van der Waals surface area contributed by atoms with Gasteiger partial charge in [0.1, 0.15) is 11.5 Å². The van der Waals surface area contributed by atoms with E-state index in [9.17, 15) is 0 Å². The second-order valence-electron chi connectivity index (χ2n) is 4.28. The highest BCUT2D eigenvalue weighted by Crippen LogP contribution is 2.29. The molecule has 19 heavy (non-hydrogen) atoms. The second-order valence-corrected chi connectivity index (χ2v) is 5.19. The molecule has 0 saturated carbocycles. The average Bonchev–Trinajstić information content (AvgIpc) is 2.42. The number of benzene rings is 1. The monoisotopic (exact) mass is 320 g/mol. The summed E-state index contributed by atoms with van der Waals surface area (Å²) in [5.41, 5.74) is 2.16. The van der Waals surface area contributed by atoms with Gasteiger partial charge in [0.2, 0.25) is 0 Å². The van der Waals surface area contributed by atoms with Crippen molar-refractivity contribution in [2.45, 2.75) is 20.4 Å². The Bertz CT molecular complexity index is 558. The molecular formula is C15H17BrN2O. The highest BCUT2D eigenvalue weighted by Gasteiger charge is 2.07. The topological polar surface area (TPSA) is 34.2 Å². The van der Waals surface area contributed by atoms with Gasteiger partial charge in [-0.15, -0.1) is 0 Å². The SMILES string of the molecule is CCNCc1cnccc1Oc1cc(Br)ccc1C. The van der Waals surface area contributed by atoms with Gasteiger partial charge in [0.25, 0.3) is 0 Å². The van der Waals surface area contributed by atoms with Crippen LogP contribution in [-0.2, 0) is 6.54 Å². The second kappa shape index (κ2) is 6.68. The zero-order valence-corrected chi connectivity index (χ0v) is 12.7. The first-order valence-electron chi connectivity index (χ1n) is 6.28. The van der Waals surface area contributed by atoms with Gasteiger partial charge in [-0.25, -0.2) is 0 Å². The number of halogens is 1. The molecule has 0 aliphatic heterocycles. The Morgan fingerprint density at radius 3 is 2.89 bits per heavy atom. The maximum atomic E-state index is 6.01. The molecule has 0 aliphatic carbocycles. The molecule has 0 fully saturated rings. The van der Waals surface area contributed by atoms with E-state index < -0.39 is 0 Å². The number of hydrogen-bond donors (Lipinski definition) is 1. The third-order valence-corrected chi connectivity index (χ3v) is 3.29. The number of rotatable bonds is 5. The molecule has 0 spiro atoms. The van der Waals surface area contributed by atoms with E-state index in [4.69, 9.17) is 4.74 Å². The van der Waals surface area contributed by atoms with Gasteiger partial charge in [-0.05, 0) is 37.2 Å². The van der Waals surface area contributed by atoms with Gasteiger partial charge in [-0.3, -0.25) is 4.98 Å². The van der Waals surface area contributed by atoms with Crippen LogP contribution in [0.2, 0.25) is 0 Å². The van der Waals surface area contributed by atoms with E-state index in [1.54, 1.807) is 6.20 Å². The number of nitrogens with zero attached hydrogens (tertiary/aromatic N) is 1. The number of pyridine rings is 1. The van der Waals surface area contributed by atoms with Crippen LogP contribution in [0, 0.1) is 6.92 Å². The molecule has 2 rings (SSSR count).